The lowest BCUT2D eigenvalue weighted by molar-refractivity contribution is -0.133. The van der Waals surface area contributed by atoms with Gasteiger partial charge in [0.15, 0.2) is 0 Å². The molecule has 0 N–H and O–H groups in total. The molecule has 1 aromatic rings. The Bertz CT molecular complexity index is 622. The highest BCUT2D eigenvalue weighted by molar-refractivity contribution is 8.00. The van der Waals surface area contributed by atoms with Gasteiger partial charge in [-0.3, -0.25) is 4.79 Å². The molecule has 2 heterocycles. The van der Waals surface area contributed by atoms with E-state index in [0.29, 0.717) is 18.8 Å². The van der Waals surface area contributed by atoms with Gasteiger partial charge >= 0.3 is 6.09 Å². The molecule has 0 aromatic heterocycles. The van der Waals surface area contributed by atoms with Crippen molar-refractivity contribution in [3.05, 3.63) is 29.8 Å². The zero-order chi connectivity index (χ0) is 16.4. The molecule has 6 heteroatoms. The Balaban J connectivity index is 1.59. The average molecular weight is 334 g/mol. The van der Waals surface area contributed by atoms with Crippen molar-refractivity contribution in [2.24, 2.45) is 0 Å². The molecule has 2 fully saturated rings. The summed E-state index contributed by atoms with van der Waals surface area (Å²) in [4.78, 5) is 28.8. The molecular weight excluding hydrogens is 312 g/mol. The van der Waals surface area contributed by atoms with E-state index in [1.54, 1.807) is 23.7 Å². The highest BCUT2D eigenvalue weighted by atomic mass is 32.2. The van der Waals surface area contributed by atoms with Gasteiger partial charge in [0.1, 0.15) is 5.60 Å². The predicted molar refractivity (Wildman–Crippen MR) is 89.6 cm³/mol. The van der Waals surface area contributed by atoms with Gasteiger partial charge in [0.25, 0.3) is 0 Å². The van der Waals surface area contributed by atoms with Crippen molar-refractivity contribution in [2.75, 3.05) is 32.4 Å². The van der Waals surface area contributed by atoms with Crippen LogP contribution in [0.2, 0.25) is 0 Å². The number of carbonyl (C=O) groups excluding carboxylic acids is 2. The largest absolute Gasteiger partial charge is 0.439 e. The number of hydrogen-bond donors (Lipinski definition) is 0. The normalized spacial score (nSPS) is 24.2. The Morgan fingerprint density at radius 2 is 2.13 bits per heavy atom. The van der Waals surface area contributed by atoms with E-state index in [1.165, 1.54) is 5.56 Å². The molecule has 0 bridgehead atoms. The molecular formula is C17H22N2O3S. The lowest BCUT2D eigenvalue weighted by atomic mass is 9.93. The second-order valence-corrected chi connectivity index (χ2v) is 7.40. The van der Waals surface area contributed by atoms with Crippen LogP contribution in [0.3, 0.4) is 0 Å². The Labute approximate surface area is 141 Å². The Morgan fingerprint density at radius 3 is 2.83 bits per heavy atom. The summed E-state index contributed by atoms with van der Waals surface area (Å²) in [5.41, 5.74) is 0.680. The Kier molecular flexibility index (Phi) is 4.53. The number of ether oxygens (including phenoxy) is 1. The Morgan fingerprint density at radius 1 is 1.35 bits per heavy atom. The van der Waals surface area contributed by atoms with E-state index in [0.717, 1.165) is 24.3 Å². The number of aryl methyl sites for hydroxylation is 1. The highest BCUT2D eigenvalue weighted by Gasteiger charge is 2.47. The zero-order valence-electron chi connectivity index (χ0n) is 13.6. The summed E-state index contributed by atoms with van der Waals surface area (Å²) in [5.74, 6) is 0.535. The summed E-state index contributed by atoms with van der Waals surface area (Å²) in [6.45, 7) is 3.88. The van der Waals surface area contributed by atoms with E-state index in [9.17, 15) is 9.59 Å². The number of likely N-dealkylation sites (tertiary alicyclic amines) is 1. The number of amides is 2. The highest BCUT2D eigenvalue weighted by Crippen LogP contribution is 2.32. The van der Waals surface area contributed by atoms with Gasteiger partial charge in [-0.2, -0.15) is 0 Å². The molecule has 124 valence electrons. The predicted octanol–water partition coefficient (Wildman–Crippen LogP) is 2.53. The third-order valence-electron chi connectivity index (χ3n) is 4.48. The van der Waals surface area contributed by atoms with Crippen LogP contribution in [0.4, 0.5) is 4.79 Å². The minimum atomic E-state index is -0.507. The summed E-state index contributed by atoms with van der Waals surface area (Å²) in [6.07, 6.45) is 1.42. The van der Waals surface area contributed by atoms with Crippen molar-refractivity contribution in [3.8, 4) is 0 Å². The van der Waals surface area contributed by atoms with Crippen LogP contribution in [0.1, 0.15) is 18.4 Å². The third kappa shape index (κ3) is 3.47. The van der Waals surface area contributed by atoms with E-state index in [2.05, 4.69) is 13.0 Å². The summed E-state index contributed by atoms with van der Waals surface area (Å²) in [7, 11) is 1.74. The second kappa shape index (κ2) is 6.43. The zero-order valence-corrected chi connectivity index (χ0v) is 14.4. The number of nitrogens with zero attached hydrogens (tertiary/aromatic N) is 2. The molecule has 23 heavy (non-hydrogen) atoms. The summed E-state index contributed by atoms with van der Waals surface area (Å²) < 4.78 is 5.55. The molecule has 2 amide bonds. The molecule has 2 aliphatic rings. The topological polar surface area (TPSA) is 49.9 Å². The van der Waals surface area contributed by atoms with E-state index in [4.69, 9.17) is 4.74 Å². The number of hydrogen-bond acceptors (Lipinski definition) is 4. The maximum absolute atomic E-state index is 12.5. The molecule has 0 unspecified atom stereocenters. The van der Waals surface area contributed by atoms with Gasteiger partial charge in [0.05, 0.1) is 18.8 Å². The lowest BCUT2D eigenvalue weighted by Gasteiger charge is -2.38. The minimum absolute atomic E-state index is 0.114. The van der Waals surface area contributed by atoms with Crippen LogP contribution in [0, 0.1) is 6.92 Å². The molecule has 3 rings (SSSR count). The molecule has 1 spiro atoms. The number of rotatable bonds is 3. The SMILES string of the molecule is Cc1ccccc1SCC(=O)N1CCC[C@]2(CN(C)C(=O)O2)C1. The average Bonchev–Trinajstić information content (AvgIpc) is 2.79. The van der Waals surface area contributed by atoms with Crippen LogP contribution in [0.5, 0.6) is 0 Å². The van der Waals surface area contributed by atoms with Gasteiger partial charge in [0, 0.05) is 18.5 Å². The molecule has 2 aliphatic heterocycles. The van der Waals surface area contributed by atoms with E-state index in [-0.39, 0.29) is 12.0 Å². The van der Waals surface area contributed by atoms with E-state index < -0.39 is 5.60 Å². The first-order valence-electron chi connectivity index (χ1n) is 7.89. The van der Waals surface area contributed by atoms with Gasteiger partial charge in [0.2, 0.25) is 5.91 Å². The fourth-order valence-electron chi connectivity index (χ4n) is 3.26. The molecule has 1 aromatic carbocycles. The smallest absolute Gasteiger partial charge is 0.410 e. The number of likely N-dealkylation sites (N-methyl/N-ethyl adjacent to an activating group) is 1. The van der Waals surface area contributed by atoms with Crippen molar-refractivity contribution in [1.82, 2.24) is 9.80 Å². The van der Waals surface area contributed by atoms with Gasteiger partial charge in [-0.25, -0.2) is 4.79 Å². The molecule has 5 nitrogen and oxygen atoms in total. The fourth-order valence-corrected chi connectivity index (χ4v) is 4.20. The van der Waals surface area contributed by atoms with Crippen LogP contribution >= 0.6 is 11.8 Å². The summed E-state index contributed by atoms with van der Waals surface area (Å²) >= 11 is 1.57. The Hall–Kier alpha value is -1.69. The third-order valence-corrected chi connectivity index (χ3v) is 5.64. The molecule has 0 saturated carbocycles. The first-order valence-corrected chi connectivity index (χ1v) is 8.88. The molecule has 2 saturated heterocycles. The lowest BCUT2D eigenvalue weighted by Crippen LogP contribution is -2.52. The molecule has 0 radical (unpaired) electrons. The van der Waals surface area contributed by atoms with Crippen LogP contribution < -0.4 is 0 Å². The van der Waals surface area contributed by atoms with Crippen molar-refractivity contribution in [1.29, 1.82) is 0 Å². The maximum Gasteiger partial charge on any atom is 0.410 e. The maximum atomic E-state index is 12.5. The van der Waals surface area contributed by atoms with Crippen molar-refractivity contribution >= 4 is 23.8 Å². The van der Waals surface area contributed by atoms with Gasteiger partial charge in [-0.1, -0.05) is 18.2 Å². The van der Waals surface area contributed by atoms with Crippen molar-refractivity contribution < 1.29 is 14.3 Å². The van der Waals surface area contributed by atoms with E-state index in [1.807, 2.05) is 23.1 Å². The number of piperidine rings is 1. The van der Waals surface area contributed by atoms with Crippen LogP contribution in [-0.2, 0) is 9.53 Å². The standard InChI is InChI=1S/C17H22N2O3S/c1-13-6-3-4-7-14(13)23-10-15(20)19-9-5-8-17(12-19)11-18(2)16(21)22-17/h3-4,6-7H,5,8-12H2,1-2H3/t17-/m0/s1. The number of benzene rings is 1. The number of carbonyl (C=O) groups is 2. The van der Waals surface area contributed by atoms with E-state index >= 15 is 0 Å². The van der Waals surface area contributed by atoms with Crippen molar-refractivity contribution in [2.45, 2.75) is 30.3 Å². The fraction of sp³-hybridized carbons (Fsp3) is 0.529. The van der Waals surface area contributed by atoms with Crippen LogP contribution in [0.15, 0.2) is 29.2 Å². The monoisotopic (exact) mass is 334 g/mol. The number of thioether (sulfide) groups is 1. The quantitative estimate of drug-likeness (QED) is 0.797. The molecule has 1 atom stereocenters. The first-order chi connectivity index (χ1) is 11.0. The van der Waals surface area contributed by atoms with Gasteiger partial charge in [-0.15, -0.1) is 11.8 Å². The summed E-state index contributed by atoms with van der Waals surface area (Å²) in [5, 5.41) is 0. The van der Waals surface area contributed by atoms with Crippen molar-refractivity contribution in [3.63, 3.8) is 0 Å². The van der Waals surface area contributed by atoms with Crippen LogP contribution in [-0.4, -0.2) is 59.8 Å². The molecule has 0 aliphatic carbocycles. The summed E-state index contributed by atoms with van der Waals surface area (Å²) in [6, 6.07) is 8.08. The minimum Gasteiger partial charge on any atom is -0.439 e. The second-order valence-electron chi connectivity index (χ2n) is 6.38. The van der Waals surface area contributed by atoms with Gasteiger partial charge < -0.3 is 14.5 Å². The van der Waals surface area contributed by atoms with Crippen LogP contribution in [0.25, 0.3) is 0 Å². The van der Waals surface area contributed by atoms with Gasteiger partial charge in [-0.05, 0) is 31.4 Å². The first kappa shape index (κ1) is 16.2.